The molecule has 5 nitrogen and oxygen atoms in total. The van der Waals surface area contributed by atoms with Gasteiger partial charge >= 0.3 is 6.18 Å². The smallest absolute Gasteiger partial charge is 0.433 e. The summed E-state index contributed by atoms with van der Waals surface area (Å²) in [4.78, 5) is 7.58. The van der Waals surface area contributed by atoms with Gasteiger partial charge < -0.3 is 4.74 Å². The van der Waals surface area contributed by atoms with Crippen molar-refractivity contribution in [2.75, 3.05) is 0 Å². The van der Waals surface area contributed by atoms with Gasteiger partial charge in [-0.3, -0.25) is 0 Å². The molecule has 0 atom stereocenters. The summed E-state index contributed by atoms with van der Waals surface area (Å²) in [6, 6.07) is 12.7. The SMILES string of the molecule is FC(F)(F)c1ccc(Oc2ncccc2-c2cccc3cc(Cl)nn23)cn1. The zero-order chi connectivity index (χ0) is 19.0. The van der Waals surface area contributed by atoms with Crippen LogP contribution in [0, 0.1) is 0 Å². The van der Waals surface area contributed by atoms with Crippen molar-refractivity contribution in [3.05, 3.63) is 71.8 Å². The quantitative estimate of drug-likeness (QED) is 0.479. The van der Waals surface area contributed by atoms with Crippen LogP contribution in [0.25, 0.3) is 16.8 Å². The number of hydrogen-bond donors (Lipinski definition) is 0. The van der Waals surface area contributed by atoms with Crippen LogP contribution in [-0.4, -0.2) is 19.6 Å². The van der Waals surface area contributed by atoms with Gasteiger partial charge in [0.05, 0.1) is 23.0 Å². The maximum atomic E-state index is 12.6. The first-order valence-electron chi connectivity index (χ1n) is 7.72. The number of nitrogens with zero attached hydrogens (tertiary/aromatic N) is 4. The maximum absolute atomic E-state index is 12.6. The van der Waals surface area contributed by atoms with Gasteiger partial charge in [0.2, 0.25) is 5.88 Å². The van der Waals surface area contributed by atoms with Gasteiger partial charge in [0.1, 0.15) is 11.4 Å². The number of pyridine rings is 3. The first-order valence-corrected chi connectivity index (χ1v) is 8.10. The molecule has 0 bridgehead atoms. The average molecular weight is 391 g/mol. The Morgan fingerprint density at radius 2 is 1.85 bits per heavy atom. The van der Waals surface area contributed by atoms with Crippen LogP contribution < -0.4 is 4.74 Å². The van der Waals surface area contributed by atoms with E-state index in [0.29, 0.717) is 16.4 Å². The zero-order valence-corrected chi connectivity index (χ0v) is 14.2. The van der Waals surface area contributed by atoms with Crippen LogP contribution in [0.4, 0.5) is 13.2 Å². The second-order valence-corrected chi connectivity index (χ2v) is 5.94. The molecule has 0 radical (unpaired) electrons. The van der Waals surface area contributed by atoms with E-state index in [1.165, 1.54) is 12.3 Å². The molecular weight excluding hydrogens is 381 g/mol. The van der Waals surface area contributed by atoms with Crippen LogP contribution >= 0.6 is 11.6 Å². The summed E-state index contributed by atoms with van der Waals surface area (Å²) >= 11 is 5.98. The Kier molecular flexibility index (Phi) is 4.19. The van der Waals surface area contributed by atoms with E-state index >= 15 is 0 Å². The second-order valence-electron chi connectivity index (χ2n) is 5.55. The van der Waals surface area contributed by atoms with E-state index in [1.54, 1.807) is 22.7 Å². The third-order valence-electron chi connectivity index (χ3n) is 3.74. The molecule has 9 heteroatoms. The zero-order valence-electron chi connectivity index (χ0n) is 13.5. The molecule has 27 heavy (non-hydrogen) atoms. The monoisotopic (exact) mass is 390 g/mol. The summed E-state index contributed by atoms with van der Waals surface area (Å²) < 4.78 is 45.2. The molecule has 0 saturated heterocycles. The number of hydrogen-bond acceptors (Lipinski definition) is 4. The number of aromatic nitrogens is 4. The molecule has 0 aliphatic rings. The molecule has 4 aromatic rings. The van der Waals surface area contributed by atoms with Gasteiger partial charge in [0.15, 0.2) is 5.15 Å². The van der Waals surface area contributed by atoms with Crippen LogP contribution in [0.1, 0.15) is 5.69 Å². The fourth-order valence-corrected chi connectivity index (χ4v) is 2.76. The van der Waals surface area contributed by atoms with Crippen molar-refractivity contribution < 1.29 is 17.9 Å². The fourth-order valence-electron chi connectivity index (χ4n) is 2.58. The molecular formula is C18H10ClF3N4O. The molecule has 0 fully saturated rings. The Morgan fingerprint density at radius 1 is 1.00 bits per heavy atom. The van der Waals surface area contributed by atoms with Gasteiger partial charge in [-0.15, -0.1) is 0 Å². The van der Waals surface area contributed by atoms with Crippen LogP contribution in [-0.2, 0) is 6.18 Å². The summed E-state index contributed by atoms with van der Waals surface area (Å²) in [6.45, 7) is 0. The first-order chi connectivity index (χ1) is 12.9. The minimum atomic E-state index is -4.51. The third-order valence-corrected chi connectivity index (χ3v) is 3.93. The molecule has 0 saturated carbocycles. The predicted octanol–water partition coefficient (Wildman–Crippen LogP) is 5.26. The van der Waals surface area contributed by atoms with E-state index in [0.717, 1.165) is 17.8 Å². The summed E-state index contributed by atoms with van der Waals surface area (Å²) in [5.74, 6) is 0.340. The summed E-state index contributed by atoms with van der Waals surface area (Å²) in [5.41, 5.74) is 1.06. The van der Waals surface area contributed by atoms with E-state index in [-0.39, 0.29) is 11.6 Å². The van der Waals surface area contributed by atoms with Crippen molar-refractivity contribution >= 4 is 17.1 Å². The molecule has 0 aliphatic carbocycles. The average Bonchev–Trinajstić information content (AvgIpc) is 3.02. The number of ether oxygens (including phenoxy) is 1. The molecule has 0 aliphatic heterocycles. The highest BCUT2D eigenvalue weighted by Crippen LogP contribution is 2.33. The predicted molar refractivity (Wildman–Crippen MR) is 92.7 cm³/mol. The maximum Gasteiger partial charge on any atom is 0.433 e. The standard InChI is InChI=1S/C18H10ClF3N4O/c19-16-9-11-3-1-5-14(26(11)25-16)13-4-2-8-23-17(13)27-12-6-7-15(24-10-12)18(20,21)22/h1-10H. The van der Waals surface area contributed by atoms with Gasteiger partial charge in [0, 0.05) is 12.3 Å². The van der Waals surface area contributed by atoms with Gasteiger partial charge in [0.25, 0.3) is 0 Å². The number of rotatable bonds is 3. The lowest BCUT2D eigenvalue weighted by Crippen LogP contribution is -2.07. The third kappa shape index (κ3) is 3.43. The second kappa shape index (κ2) is 6.55. The van der Waals surface area contributed by atoms with Crippen molar-refractivity contribution in [3.63, 3.8) is 0 Å². The molecule has 4 rings (SSSR count). The fraction of sp³-hybridized carbons (Fsp3) is 0.0556. The summed E-state index contributed by atoms with van der Waals surface area (Å²) in [7, 11) is 0. The molecule has 4 heterocycles. The number of halogens is 4. The first kappa shape index (κ1) is 17.3. The Bertz CT molecular complexity index is 1110. The van der Waals surface area contributed by atoms with E-state index in [4.69, 9.17) is 16.3 Å². The number of fused-ring (bicyclic) bond motifs is 1. The van der Waals surface area contributed by atoms with Gasteiger partial charge in [-0.25, -0.2) is 14.5 Å². The van der Waals surface area contributed by atoms with Gasteiger partial charge in [-0.1, -0.05) is 17.7 Å². The molecule has 0 N–H and O–H groups in total. The van der Waals surface area contributed by atoms with Crippen LogP contribution in [0.5, 0.6) is 11.6 Å². The van der Waals surface area contributed by atoms with E-state index in [9.17, 15) is 13.2 Å². The summed E-state index contributed by atoms with van der Waals surface area (Å²) in [6.07, 6.45) is -1.98. The van der Waals surface area contributed by atoms with Crippen molar-refractivity contribution in [3.8, 4) is 22.9 Å². The number of alkyl halides is 3. The molecule has 0 unspecified atom stereocenters. The molecule has 4 aromatic heterocycles. The van der Waals surface area contributed by atoms with Gasteiger partial charge in [-0.2, -0.15) is 18.3 Å². The van der Waals surface area contributed by atoms with Crippen molar-refractivity contribution in [2.24, 2.45) is 0 Å². The Labute approximate surface area is 156 Å². The van der Waals surface area contributed by atoms with Crippen molar-refractivity contribution in [2.45, 2.75) is 6.18 Å². The van der Waals surface area contributed by atoms with Crippen molar-refractivity contribution in [1.29, 1.82) is 0 Å². The molecule has 0 amide bonds. The van der Waals surface area contributed by atoms with Crippen molar-refractivity contribution in [1.82, 2.24) is 19.6 Å². The molecule has 0 aromatic carbocycles. The van der Waals surface area contributed by atoms with Crippen LogP contribution in [0.2, 0.25) is 5.15 Å². The van der Waals surface area contributed by atoms with E-state index in [2.05, 4.69) is 15.1 Å². The van der Waals surface area contributed by atoms with E-state index < -0.39 is 11.9 Å². The van der Waals surface area contributed by atoms with Gasteiger partial charge in [-0.05, 0) is 36.4 Å². The summed E-state index contributed by atoms with van der Waals surface area (Å²) in [5, 5.41) is 4.57. The highest BCUT2D eigenvalue weighted by atomic mass is 35.5. The Balaban J connectivity index is 1.73. The normalized spacial score (nSPS) is 11.7. The minimum absolute atomic E-state index is 0.133. The highest BCUT2D eigenvalue weighted by molar-refractivity contribution is 6.29. The van der Waals surface area contributed by atoms with E-state index in [1.807, 2.05) is 18.2 Å². The topological polar surface area (TPSA) is 52.3 Å². The van der Waals surface area contributed by atoms with Crippen LogP contribution in [0.15, 0.2) is 60.9 Å². The molecule has 136 valence electrons. The largest absolute Gasteiger partial charge is 0.437 e. The Morgan fingerprint density at radius 3 is 2.59 bits per heavy atom. The minimum Gasteiger partial charge on any atom is -0.437 e. The lowest BCUT2D eigenvalue weighted by Gasteiger charge is -2.11. The van der Waals surface area contributed by atoms with Crippen LogP contribution in [0.3, 0.4) is 0 Å². The molecule has 0 spiro atoms. The lowest BCUT2D eigenvalue weighted by atomic mass is 10.1. The lowest BCUT2D eigenvalue weighted by molar-refractivity contribution is -0.141. The highest BCUT2D eigenvalue weighted by Gasteiger charge is 2.32. The Hall–Kier alpha value is -3.13.